The van der Waals surface area contributed by atoms with Crippen LogP contribution in [0.15, 0.2) is 6.20 Å². The highest BCUT2D eigenvalue weighted by Crippen LogP contribution is 2.20. The van der Waals surface area contributed by atoms with E-state index in [0.29, 0.717) is 0 Å². The zero-order valence-corrected chi connectivity index (χ0v) is 13.4. The van der Waals surface area contributed by atoms with Gasteiger partial charge in [0.2, 0.25) is 5.91 Å². The molecule has 6 heteroatoms. The Morgan fingerprint density at radius 3 is 2.85 bits per heavy atom. The SMILES string of the molecule is CCCN1CCCC[C@H]1C(=O)Nc1c(C)cnn1C.Cl. The second-order valence-corrected chi connectivity index (χ2v) is 5.34. The highest BCUT2D eigenvalue weighted by Gasteiger charge is 2.28. The number of carbonyl (C=O) groups excluding carboxylic acids is 1. The summed E-state index contributed by atoms with van der Waals surface area (Å²) < 4.78 is 1.72. The fourth-order valence-electron chi connectivity index (χ4n) is 2.77. The van der Waals surface area contributed by atoms with Gasteiger partial charge in [-0.25, -0.2) is 0 Å². The third-order valence-corrected chi connectivity index (χ3v) is 3.79. The first kappa shape index (κ1) is 17.0. The van der Waals surface area contributed by atoms with Gasteiger partial charge in [0.1, 0.15) is 5.82 Å². The summed E-state index contributed by atoms with van der Waals surface area (Å²) in [6.45, 7) is 6.17. The quantitative estimate of drug-likeness (QED) is 0.928. The molecule has 0 spiro atoms. The molecule has 0 saturated carbocycles. The van der Waals surface area contributed by atoms with Crippen molar-refractivity contribution in [2.24, 2.45) is 7.05 Å². The maximum Gasteiger partial charge on any atom is 0.242 e. The summed E-state index contributed by atoms with van der Waals surface area (Å²) in [6.07, 6.45) is 6.18. The molecule has 1 aromatic rings. The van der Waals surface area contributed by atoms with Crippen molar-refractivity contribution in [1.82, 2.24) is 14.7 Å². The molecule has 2 rings (SSSR count). The van der Waals surface area contributed by atoms with Crippen LogP contribution in [-0.4, -0.2) is 39.7 Å². The van der Waals surface area contributed by atoms with Crippen LogP contribution in [0.4, 0.5) is 5.82 Å². The molecule has 0 radical (unpaired) electrons. The van der Waals surface area contributed by atoms with E-state index in [0.717, 1.165) is 43.7 Å². The van der Waals surface area contributed by atoms with Crippen molar-refractivity contribution >= 4 is 24.1 Å². The van der Waals surface area contributed by atoms with E-state index in [2.05, 4.69) is 22.2 Å². The van der Waals surface area contributed by atoms with Crippen LogP contribution >= 0.6 is 12.4 Å². The number of anilines is 1. The molecular formula is C14H25ClN4O. The third-order valence-electron chi connectivity index (χ3n) is 3.79. The van der Waals surface area contributed by atoms with Gasteiger partial charge in [0, 0.05) is 12.6 Å². The molecule has 1 amide bonds. The maximum absolute atomic E-state index is 12.5. The number of hydrogen-bond donors (Lipinski definition) is 1. The fourth-order valence-corrected chi connectivity index (χ4v) is 2.77. The molecule has 1 aliphatic rings. The lowest BCUT2D eigenvalue weighted by atomic mass is 10.0. The van der Waals surface area contributed by atoms with Crippen LogP contribution in [0.2, 0.25) is 0 Å². The predicted octanol–water partition coefficient (Wildman–Crippen LogP) is 2.35. The summed E-state index contributed by atoms with van der Waals surface area (Å²) >= 11 is 0. The fraction of sp³-hybridized carbons (Fsp3) is 0.714. The highest BCUT2D eigenvalue weighted by molar-refractivity contribution is 5.94. The Balaban J connectivity index is 0.00000200. The zero-order chi connectivity index (χ0) is 13.8. The van der Waals surface area contributed by atoms with E-state index in [-0.39, 0.29) is 24.4 Å². The molecule has 1 saturated heterocycles. The zero-order valence-electron chi connectivity index (χ0n) is 12.6. The maximum atomic E-state index is 12.5. The molecule has 0 unspecified atom stereocenters. The Bertz CT molecular complexity index is 425. The van der Waals surface area contributed by atoms with Crippen LogP contribution in [0.3, 0.4) is 0 Å². The van der Waals surface area contributed by atoms with Gasteiger partial charge >= 0.3 is 0 Å². The van der Waals surface area contributed by atoms with Crippen molar-refractivity contribution in [3.8, 4) is 0 Å². The van der Waals surface area contributed by atoms with Crippen molar-refractivity contribution in [2.45, 2.75) is 45.6 Å². The third kappa shape index (κ3) is 3.73. The van der Waals surface area contributed by atoms with Gasteiger partial charge < -0.3 is 5.32 Å². The second-order valence-electron chi connectivity index (χ2n) is 5.34. The number of amides is 1. The number of aromatic nitrogens is 2. The minimum atomic E-state index is 0. The molecule has 1 aromatic heterocycles. The van der Waals surface area contributed by atoms with Crippen molar-refractivity contribution < 1.29 is 4.79 Å². The van der Waals surface area contributed by atoms with Crippen molar-refractivity contribution in [3.05, 3.63) is 11.8 Å². The number of rotatable bonds is 4. The van der Waals surface area contributed by atoms with Crippen molar-refractivity contribution in [2.75, 3.05) is 18.4 Å². The Hall–Kier alpha value is -1.07. The van der Waals surface area contributed by atoms with E-state index in [9.17, 15) is 4.79 Å². The van der Waals surface area contributed by atoms with Crippen LogP contribution in [-0.2, 0) is 11.8 Å². The molecule has 1 fully saturated rings. The summed E-state index contributed by atoms with van der Waals surface area (Å²) in [5.41, 5.74) is 1.01. The number of aryl methyl sites for hydroxylation is 2. The van der Waals surface area contributed by atoms with Gasteiger partial charge in [-0.05, 0) is 39.3 Å². The molecule has 1 N–H and O–H groups in total. The molecule has 20 heavy (non-hydrogen) atoms. The van der Waals surface area contributed by atoms with Crippen molar-refractivity contribution in [3.63, 3.8) is 0 Å². The lowest BCUT2D eigenvalue weighted by molar-refractivity contribution is -0.122. The first-order valence-electron chi connectivity index (χ1n) is 7.17. The molecule has 0 bridgehead atoms. The van der Waals surface area contributed by atoms with E-state index in [1.807, 2.05) is 14.0 Å². The van der Waals surface area contributed by atoms with Gasteiger partial charge in [0.05, 0.1) is 12.2 Å². The summed E-state index contributed by atoms with van der Waals surface area (Å²) in [7, 11) is 1.85. The molecular weight excluding hydrogens is 276 g/mol. The van der Waals surface area contributed by atoms with Gasteiger partial charge in [0.15, 0.2) is 0 Å². The minimum absolute atomic E-state index is 0. The molecule has 2 heterocycles. The number of carbonyl (C=O) groups is 1. The Kier molecular flexibility index (Phi) is 6.49. The van der Waals surface area contributed by atoms with Gasteiger partial charge in [-0.2, -0.15) is 5.10 Å². The second kappa shape index (κ2) is 7.64. The van der Waals surface area contributed by atoms with Crippen LogP contribution in [0, 0.1) is 6.92 Å². The molecule has 1 atom stereocenters. The molecule has 1 aliphatic heterocycles. The van der Waals surface area contributed by atoms with E-state index >= 15 is 0 Å². The minimum Gasteiger partial charge on any atom is -0.309 e. The summed E-state index contributed by atoms with van der Waals surface area (Å²) in [5.74, 6) is 0.923. The smallest absolute Gasteiger partial charge is 0.242 e. The number of halogens is 1. The number of nitrogens with one attached hydrogen (secondary N) is 1. The van der Waals surface area contributed by atoms with E-state index in [4.69, 9.17) is 0 Å². The molecule has 0 aromatic carbocycles. The first-order chi connectivity index (χ1) is 9.13. The van der Waals surface area contributed by atoms with Crippen LogP contribution < -0.4 is 5.32 Å². The first-order valence-corrected chi connectivity index (χ1v) is 7.17. The summed E-state index contributed by atoms with van der Waals surface area (Å²) in [5, 5.41) is 7.19. The van der Waals surface area contributed by atoms with Gasteiger partial charge in [-0.15, -0.1) is 12.4 Å². The van der Waals surface area contributed by atoms with Crippen LogP contribution in [0.25, 0.3) is 0 Å². The monoisotopic (exact) mass is 300 g/mol. The predicted molar refractivity (Wildman–Crippen MR) is 83.3 cm³/mol. The highest BCUT2D eigenvalue weighted by atomic mass is 35.5. The van der Waals surface area contributed by atoms with Crippen LogP contribution in [0.1, 0.15) is 38.2 Å². The number of hydrogen-bond acceptors (Lipinski definition) is 3. The average molecular weight is 301 g/mol. The van der Waals surface area contributed by atoms with E-state index < -0.39 is 0 Å². The van der Waals surface area contributed by atoms with E-state index in [1.54, 1.807) is 10.9 Å². The van der Waals surface area contributed by atoms with Crippen molar-refractivity contribution in [1.29, 1.82) is 0 Å². The topological polar surface area (TPSA) is 50.2 Å². The lowest BCUT2D eigenvalue weighted by Crippen LogP contribution is -2.47. The lowest BCUT2D eigenvalue weighted by Gasteiger charge is -2.34. The molecule has 0 aliphatic carbocycles. The normalized spacial score (nSPS) is 19.4. The largest absolute Gasteiger partial charge is 0.309 e. The Morgan fingerprint density at radius 1 is 1.50 bits per heavy atom. The summed E-state index contributed by atoms with van der Waals surface area (Å²) in [4.78, 5) is 14.8. The molecule has 114 valence electrons. The molecule has 5 nitrogen and oxygen atoms in total. The van der Waals surface area contributed by atoms with Crippen LogP contribution in [0.5, 0.6) is 0 Å². The Morgan fingerprint density at radius 2 is 2.25 bits per heavy atom. The van der Waals surface area contributed by atoms with Gasteiger partial charge in [-0.3, -0.25) is 14.4 Å². The standard InChI is InChI=1S/C14H24N4O.ClH/c1-4-8-18-9-6-5-7-12(18)14(19)16-13-11(2)10-15-17(13)3;/h10,12H,4-9H2,1-3H3,(H,16,19);1H/t12-;/m0./s1. The van der Waals surface area contributed by atoms with Gasteiger partial charge in [0.25, 0.3) is 0 Å². The van der Waals surface area contributed by atoms with Gasteiger partial charge in [-0.1, -0.05) is 13.3 Å². The number of piperidine rings is 1. The van der Waals surface area contributed by atoms with E-state index in [1.165, 1.54) is 6.42 Å². The summed E-state index contributed by atoms with van der Waals surface area (Å²) in [6, 6.07) is 0.0167. The number of likely N-dealkylation sites (tertiary alicyclic amines) is 1. The Labute approximate surface area is 127 Å². The average Bonchev–Trinajstić information content (AvgIpc) is 2.71. The number of nitrogens with zero attached hydrogens (tertiary/aromatic N) is 3.